The number of hydrogen-bond donors (Lipinski definition) is 2. The van der Waals surface area contributed by atoms with Crippen molar-refractivity contribution in [1.82, 2.24) is 4.90 Å². The van der Waals surface area contributed by atoms with Crippen molar-refractivity contribution in [3.8, 4) is 0 Å². The third-order valence-electron chi connectivity index (χ3n) is 1.76. The summed E-state index contributed by atoms with van der Waals surface area (Å²) in [5.74, 6) is -0.295. The van der Waals surface area contributed by atoms with Crippen LogP contribution in [0.2, 0.25) is 0 Å². The molecular weight excluding hydrogens is 182 g/mol. The number of likely N-dealkylation sites (tertiary alicyclic amines) is 1. The summed E-state index contributed by atoms with van der Waals surface area (Å²) in [6.45, 7) is 1.03. The summed E-state index contributed by atoms with van der Waals surface area (Å²) in [6, 6.07) is 0. The van der Waals surface area contributed by atoms with Gasteiger partial charge in [0, 0.05) is 13.1 Å². The fourth-order valence-electron chi connectivity index (χ4n) is 0.991. The summed E-state index contributed by atoms with van der Waals surface area (Å²) < 4.78 is 4.51. The molecule has 0 aromatic carbocycles. The van der Waals surface area contributed by atoms with Crippen LogP contribution in [0, 0.1) is 11.3 Å². The molecule has 0 saturated carbocycles. The fourth-order valence-corrected chi connectivity index (χ4v) is 0.991. The minimum Gasteiger partial charge on any atom is -0.469 e. The largest absolute Gasteiger partial charge is 0.469 e. The molecule has 0 aromatic heterocycles. The Bertz CT molecular complexity index is 191. The first kappa shape index (κ1) is 11.0. The SMILES string of the molecule is COC(=O)C1CN(C(=N)N)C1.Cl. The maximum atomic E-state index is 10.8. The molecule has 0 amide bonds. The fraction of sp³-hybridized carbons (Fsp3) is 0.667. The predicted molar refractivity (Wildman–Crippen MR) is 46.2 cm³/mol. The highest BCUT2D eigenvalue weighted by Crippen LogP contribution is 2.15. The van der Waals surface area contributed by atoms with Crippen molar-refractivity contribution in [1.29, 1.82) is 5.41 Å². The Morgan fingerprint density at radius 2 is 2.17 bits per heavy atom. The van der Waals surface area contributed by atoms with E-state index in [0.29, 0.717) is 13.1 Å². The van der Waals surface area contributed by atoms with Gasteiger partial charge in [-0.2, -0.15) is 0 Å². The van der Waals surface area contributed by atoms with E-state index in [9.17, 15) is 4.79 Å². The summed E-state index contributed by atoms with van der Waals surface area (Å²) in [4.78, 5) is 12.4. The van der Waals surface area contributed by atoms with Gasteiger partial charge in [0.25, 0.3) is 0 Å². The van der Waals surface area contributed by atoms with Gasteiger partial charge in [0.05, 0.1) is 13.0 Å². The van der Waals surface area contributed by atoms with E-state index in [0.717, 1.165) is 0 Å². The number of esters is 1. The molecule has 0 aromatic rings. The average molecular weight is 194 g/mol. The Morgan fingerprint density at radius 1 is 1.67 bits per heavy atom. The van der Waals surface area contributed by atoms with Gasteiger partial charge in [0.15, 0.2) is 5.96 Å². The monoisotopic (exact) mass is 193 g/mol. The Labute approximate surface area is 76.8 Å². The highest BCUT2D eigenvalue weighted by atomic mass is 35.5. The number of hydrogen-bond acceptors (Lipinski definition) is 3. The first-order valence-electron chi connectivity index (χ1n) is 3.32. The molecule has 12 heavy (non-hydrogen) atoms. The van der Waals surface area contributed by atoms with Crippen LogP contribution in [0.25, 0.3) is 0 Å². The van der Waals surface area contributed by atoms with E-state index >= 15 is 0 Å². The molecule has 6 heteroatoms. The van der Waals surface area contributed by atoms with Crippen molar-refractivity contribution in [2.75, 3.05) is 20.2 Å². The number of nitrogens with two attached hydrogens (primary N) is 1. The Kier molecular flexibility index (Phi) is 3.82. The number of ether oxygens (including phenoxy) is 1. The van der Waals surface area contributed by atoms with E-state index in [-0.39, 0.29) is 30.3 Å². The van der Waals surface area contributed by atoms with Crippen LogP contribution in [0.4, 0.5) is 0 Å². The lowest BCUT2D eigenvalue weighted by atomic mass is 10.0. The highest BCUT2D eigenvalue weighted by molar-refractivity contribution is 5.85. The van der Waals surface area contributed by atoms with Crippen LogP contribution in [-0.4, -0.2) is 37.0 Å². The normalized spacial score (nSPS) is 15.9. The molecule has 70 valence electrons. The van der Waals surface area contributed by atoms with Crippen LogP contribution in [0.3, 0.4) is 0 Å². The van der Waals surface area contributed by atoms with Crippen molar-refractivity contribution < 1.29 is 9.53 Å². The van der Waals surface area contributed by atoms with Crippen LogP contribution in [0.15, 0.2) is 0 Å². The van der Waals surface area contributed by atoms with E-state index in [1.807, 2.05) is 0 Å². The molecule has 0 spiro atoms. The molecule has 1 fully saturated rings. The molecule has 5 nitrogen and oxygen atoms in total. The molecule has 0 atom stereocenters. The molecule has 1 rings (SSSR count). The van der Waals surface area contributed by atoms with Gasteiger partial charge >= 0.3 is 5.97 Å². The van der Waals surface area contributed by atoms with E-state index in [1.165, 1.54) is 7.11 Å². The zero-order chi connectivity index (χ0) is 8.43. The zero-order valence-electron chi connectivity index (χ0n) is 6.74. The molecule has 1 aliphatic heterocycles. The van der Waals surface area contributed by atoms with Gasteiger partial charge in [-0.25, -0.2) is 0 Å². The van der Waals surface area contributed by atoms with Crippen molar-refractivity contribution in [2.45, 2.75) is 0 Å². The number of nitrogens with zero attached hydrogens (tertiary/aromatic N) is 1. The van der Waals surface area contributed by atoms with Gasteiger partial charge in [-0.3, -0.25) is 10.2 Å². The molecular formula is C6H12ClN3O2. The lowest BCUT2D eigenvalue weighted by molar-refractivity contribution is -0.149. The molecule has 0 radical (unpaired) electrons. The quantitative estimate of drug-likeness (QED) is 0.331. The van der Waals surface area contributed by atoms with Crippen LogP contribution in [0.1, 0.15) is 0 Å². The van der Waals surface area contributed by atoms with Gasteiger partial charge < -0.3 is 15.4 Å². The van der Waals surface area contributed by atoms with Crippen LogP contribution in [-0.2, 0) is 9.53 Å². The van der Waals surface area contributed by atoms with E-state index in [4.69, 9.17) is 11.1 Å². The van der Waals surface area contributed by atoms with Crippen molar-refractivity contribution in [3.63, 3.8) is 0 Å². The topological polar surface area (TPSA) is 79.4 Å². The summed E-state index contributed by atoms with van der Waals surface area (Å²) >= 11 is 0. The van der Waals surface area contributed by atoms with Crippen LogP contribution >= 0.6 is 12.4 Å². The Balaban J connectivity index is 0.00000121. The molecule has 1 heterocycles. The Hall–Kier alpha value is -0.970. The standard InChI is InChI=1S/C6H11N3O2.ClH/c1-11-5(10)4-2-9(3-4)6(7)8;/h4H,2-3H2,1H3,(H3,7,8);1H. The molecule has 0 unspecified atom stereocenters. The molecule has 0 bridgehead atoms. The second-order valence-electron chi connectivity index (χ2n) is 2.51. The summed E-state index contributed by atoms with van der Waals surface area (Å²) in [5.41, 5.74) is 5.16. The number of carbonyl (C=O) groups excluding carboxylic acids is 1. The van der Waals surface area contributed by atoms with Gasteiger partial charge in [0.2, 0.25) is 0 Å². The van der Waals surface area contributed by atoms with Crippen molar-refractivity contribution in [3.05, 3.63) is 0 Å². The lowest BCUT2D eigenvalue weighted by Crippen LogP contribution is -2.55. The minimum absolute atomic E-state index is 0. The number of nitrogens with one attached hydrogen (secondary N) is 1. The number of halogens is 1. The third kappa shape index (κ3) is 2.01. The highest BCUT2D eigenvalue weighted by Gasteiger charge is 2.33. The van der Waals surface area contributed by atoms with Crippen molar-refractivity contribution >= 4 is 24.3 Å². The third-order valence-corrected chi connectivity index (χ3v) is 1.76. The van der Waals surface area contributed by atoms with Gasteiger partial charge in [-0.15, -0.1) is 12.4 Å². The van der Waals surface area contributed by atoms with E-state index < -0.39 is 0 Å². The number of guanidine groups is 1. The van der Waals surface area contributed by atoms with Gasteiger partial charge in [-0.1, -0.05) is 0 Å². The molecule has 1 saturated heterocycles. The molecule has 1 aliphatic rings. The maximum Gasteiger partial charge on any atom is 0.312 e. The second-order valence-corrected chi connectivity index (χ2v) is 2.51. The van der Waals surface area contributed by atoms with Gasteiger partial charge in [-0.05, 0) is 0 Å². The first-order chi connectivity index (χ1) is 5.15. The Morgan fingerprint density at radius 3 is 2.50 bits per heavy atom. The lowest BCUT2D eigenvalue weighted by Gasteiger charge is -2.37. The zero-order valence-corrected chi connectivity index (χ0v) is 7.56. The summed E-state index contributed by atoms with van der Waals surface area (Å²) in [5, 5.41) is 6.99. The summed E-state index contributed by atoms with van der Waals surface area (Å²) in [7, 11) is 1.36. The predicted octanol–water partition coefficient (Wildman–Crippen LogP) is -0.594. The van der Waals surface area contributed by atoms with Gasteiger partial charge in [0.1, 0.15) is 0 Å². The number of methoxy groups -OCH3 is 1. The van der Waals surface area contributed by atoms with E-state index in [2.05, 4.69) is 4.74 Å². The molecule has 3 N–H and O–H groups in total. The van der Waals surface area contributed by atoms with E-state index in [1.54, 1.807) is 4.90 Å². The smallest absolute Gasteiger partial charge is 0.312 e. The van der Waals surface area contributed by atoms with Crippen molar-refractivity contribution in [2.24, 2.45) is 11.7 Å². The molecule has 0 aliphatic carbocycles. The van der Waals surface area contributed by atoms with Crippen LogP contribution in [0.5, 0.6) is 0 Å². The average Bonchev–Trinajstić information content (AvgIpc) is 1.83. The number of rotatable bonds is 1. The minimum atomic E-state index is -0.220. The number of carbonyl (C=O) groups is 1. The first-order valence-corrected chi connectivity index (χ1v) is 3.32. The second kappa shape index (κ2) is 4.15. The van der Waals surface area contributed by atoms with Crippen LogP contribution < -0.4 is 5.73 Å². The maximum absolute atomic E-state index is 10.8. The summed E-state index contributed by atoms with van der Waals surface area (Å²) in [6.07, 6.45) is 0.